The van der Waals surface area contributed by atoms with E-state index >= 15 is 0 Å². The van der Waals surface area contributed by atoms with E-state index in [0.717, 1.165) is 56.0 Å². The molecule has 0 aliphatic carbocycles. The van der Waals surface area contributed by atoms with Crippen LogP contribution in [0.4, 0.5) is 0 Å². The van der Waals surface area contributed by atoms with Crippen molar-refractivity contribution in [2.45, 2.75) is 0 Å². The fraction of sp³-hybridized carbons (Fsp3) is 0. The minimum atomic E-state index is 0.695. The molecular weight excluding hydrogens is 703 g/mol. The number of rotatable bonds is 6. The van der Waals surface area contributed by atoms with Gasteiger partial charge < -0.3 is 0 Å². The van der Waals surface area contributed by atoms with Crippen LogP contribution < -0.4 is 0 Å². The number of benzene rings is 9. The molecule has 0 spiro atoms. The van der Waals surface area contributed by atoms with Gasteiger partial charge in [-0.05, 0) is 84.9 Å². The maximum atomic E-state index is 5.20. The van der Waals surface area contributed by atoms with Gasteiger partial charge >= 0.3 is 0 Å². The average Bonchev–Trinajstić information content (AvgIpc) is 3.31. The molecule has 3 nitrogen and oxygen atoms in total. The van der Waals surface area contributed by atoms with Gasteiger partial charge in [0.05, 0.1) is 22.6 Å². The number of nitrogens with zero attached hydrogens (tertiary/aromatic N) is 3. The van der Waals surface area contributed by atoms with E-state index in [0.29, 0.717) is 5.82 Å². The maximum absolute atomic E-state index is 5.20. The fourth-order valence-corrected chi connectivity index (χ4v) is 8.22. The van der Waals surface area contributed by atoms with Crippen LogP contribution in [-0.2, 0) is 0 Å². The molecule has 0 amide bonds. The zero-order valence-corrected chi connectivity index (χ0v) is 31.5. The molecular formula is C55H35N3. The van der Waals surface area contributed by atoms with Crippen LogP contribution in [0.1, 0.15) is 0 Å². The first-order valence-electron chi connectivity index (χ1n) is 19.7. The van der Waals surface area contributed by atoms with Gasteiger partial charge in [0.1, 0.15) is 0 Å². The van der Waals surface area contributed by atoms with Crippen molar-refractivity contribution in [3.05, 3.63) is 212 Å². The first-order valence-corrected chi connectivity index (χ1v) is 19.7. The maximum Gasteiger partial charge on any atom is 0.160 e. The monoisotopic (exact) mass is 737 g/mol. The Balaban J connectivity index is 0.950. The number of pyridine rings is 1. The second-order valence-electron chi connectivity index (χ2n) is 14.8. The van der Waals surface area contributed by atoms with Gasteiger partial charge in [-0.25, -0.2) is 15.0 Å². The molecule has 0 saturated carbocycles. The lowest BCUT2D eigenvalue weighted by molar-refractivity contribution is 1.18. The topological polar surface area (TPSA) is 38.7 Å². The summed E-state index contributed by atoms with van der Waals surface area (Å²) in [5.74, 6) is 0.695. The van der Waals surface area contributed by atoms with Crippen molar-refractivity contribution in [1.82, 2.24) is 15.0 Å². The predicted molar refractivity (Wildman–Crippen MR) is 242 cm³/mol. The zero-order chi connectivity index (χ0) is 38.4. The predicted octanol–water partition coefficient (Wildman–Crippen LogP) is 14.5. The van der Waals surface area contributed by atoms with Crippen molar-refractivity contribution in [2.24, 2.45) is 0 Å². The molecule has 0 N–H and O–H groups in total. The van der Waals surface area contributed by atoms with E-state index in [-0.39, 0.29) is 0 Å². The summed E-state index contributed by atoms with van der Waals surface area (Å²) in [6.45, 7) is 0. The summed E-state index contributed by atoms with van der Waals surface area (Å²) in [7, 11) is 0. The third-order valence-corrected chi connectivity index (χ3v) is 11.3. The van der Waals surface area contributed by atoms with Crippen LogP contribution in [0.5, 0.6) is 0 Å². The molecule has 58 heavy (non-hydrogen) atoms. The van der Waals surface area contributed by atoms with Crippen LogP contribution in [0.15, 0.2) is 212 Å². The normalized spacial score (nSPS) is 11.4. The van der Waals surface area contributed by atoms with Crippen molar-refractivity contribution in [3.63, 3.8) is 0 Å². The quantitative estimate of drug-likeness (QED) is 0.160. The fourth-order valence-electron chi connectivity index (χ4n) is 8.22. The Morgan fingerprint density at radius 1 is 0.259 bits per heavy atom. The Morgan fingerprint density at radius 2 is 0.724 bits per heavy atom. The largest absolute Gasteiger partial charge is 0.248 e. The standard InChI is InChI=1S/C55H35N3/c1-2-12-40(13-3-1)49-34-51(56-50-31-30-41-14-8-9-17-48(41)54(49)50)42-24-18-38(19-25-42)39-20-26-43(27-21-39)55-57-52(46-28-22-36-10-4-6-15-44(36)32-46)35-53(58-55)47-29-23-37-11-5-7-16-45(37)33-47/h1-35H. The Labute approximate surface area is 336 Å². The summed E-state index contributed by atoms with van der Waals surface area (Å²) in [5, 5.41) is 8.39. The molecule has 270 valence electrons. The number of aromatic nitrogens is 3. The van der Waals surface area contributed by atoms with Gasteiger partial charge in [-0.3, -0.25) is 0 Å². The average molecular weight is 738 g/mol. The second-order valence-corrected chi connectivity index (χ2v) is 14.8. The van der Waals surface area contributed by atoms with Crippen molar-refractivity contribution in [1.29, 1.82) is 0 Å². The van der Waals surface area contributed by atoms with Gasteiger partial charge in [0, 0.05) is 27.6 Å². The Morgan fingerprint density at radius 3 is 1.34 bits per heavy atom. The summed E-state index contributed by atoms with van der Waals surface area (Å²) in [4.78, 5) is 15.5. The molecule has 0 fully saturated rings. The van der Waals surface area contributed by atoms with Crippen LogP contribution >= 0.6 is 0 Å². The van der Waals surface area contributed by atoms with E-state index in [1.807, 2.05) is 0 Å². The molecule has 0 aliphatic heterocycles. The molecule has 2 aromatic heterocycles. The van der Waals surface area contributed by atoms with Gasteiger partial charge in [-0.1, -0.05) is 182 Å². The number of fused-ring (bicyclic) bond motifs is 5. The van der Waals surface area contributed by atoms with Gasteiger partial charge in [-0.2, -0.15) is 0 Å². The van der Waals surface area contributed by atoms with Gasteiger partial charge in [-0.15, -0.1) is 0 Å². The SMILES string of the molecule is c1ccc(-c2cc(-c3ccc(-c4ccc(-c5nc(-c6ccc7ccccc7c6)cc(-c6ccc7ccccc7c6)n5)cc4)cc3)nc3ccc4ccccc4c23)cc1. The van der Waals surface area contributed by atoms with Crippen molar-refractivity contribution in [3.8, 4) is 67.4 Å². The van der Waals surface area contributed by atoms with E-state index in [4.69, 9.17) is 15.0 Å². The minimum absolute atomic E-state index is 0.695. The van der Waals surface area contributed by atoms with Crippen LogP contribution in [0, 0.1) is 0 Å². The molecule has 0 atom stereocenters. The third kappa shape index (κ3) is 6.16. The highest BCUT2D eigenvalue weighted by atomic mass is 14.9. The first-order chi connectivity index (χ1) is 28.7. The van der Waals surface area contributed by atoms with E-state index in [9.17, 15) is 0 Å². The summed E-state index contributed by atoms with van der Waals surface area (Å²) in [6, 6.07) is 75.2. The van der Waals surface area contributed by atoms with Crippen LogP contribution in [0.3, 0.4) is 0 Å². The van der Waals surface area contributed by atoms with Gasteiger partial charge in [0.25, 0.3) is 0 Å². The highest BCUT2D eigenvalue weighted by molar-refractivity contribution is 6.13. The van der Waals surface area contributed by atoms with Gasteiger partial charge in [0.15, 0.2) is 5.82 Å². The molecule has 2 heterocycles. The summed E-state index contributed by atoms with van der Waals surface area (Å²) in [5.41, 5.74) is 12.5. The molecule has 9 aromatic carbocycles. The van der Waals surface area contributed by atoms with Crippen LogP contribution in [-0.4, -0.2) is 15.0 Å². The number of hydrogen-bond donors (Lipinski definition) is 0. The molecule has 11 aromatic rings. The van der Waals surface area contributed by atoms with Crippen molar-refractivity contribution < 1.29 is 0 Å². The van der Waals surface area contributed by atoms with E-state index in [1.54, 1.807) is 0 Å². The Hall–Kier alpha value is -7.75. The number of hydrogen-bond acceptors (Lipinski definition) is 3. The van der Waals surface area contributed by atoms with Crippen LogP contribution in [0.2, 0.25) is 0 Å². The highest BCUT2D eigenvalue weighted by Gasteiger charge is 2.15. The van der Waals surface area contributed by atoms with E-state index < -0.39 is 0 Å². The first kappa shape index (κ1) is 33.6. The minimum Gasteiger partial charge on any atom is -0.248 e. The lowest BCUT2D eigenvalue weighted by Crippen LogP contribution is -1.96. The molecule has 0 bridgehead atoms. The van der Waals surface area contributed by atoms with Crippen molar-refractivity contribution in [2.75, 3.05) is 0 Å². The molecule has 0 aliphatic rings. The van der Waals surface area contributed by atoms with Gasteiger partial charge in [0.2, 0.25) is 0 Å². The zero-order valence-electron chi connectivity index (χ0n) is 31.5. The molecule has 0 saturated heterocycles. The lowest BCUT2D eigenvalue weighted by Gasteiger charge is -2.13. The molecule has 0 unspecified atom stereocenters. The molecule has 11 rings (SSSR count). The second kappa shape index (κ2) is 14.1. The summed E-state index contributed by atoms with van der Waals surface area (Å²) in [6.07, 6.45) is 0. The van der Waals surface area contributed by atoms with E-state index in [2.05, 4.69) is 212 Å². The molecule has 3 heteroatoms. The summed E-state index contributed by atoms with van der Waals surface area (Å²) >= 11 is 0. The lowest BCUT2D eigenvalue weighted by atomic mass is 9.94. The van der Waals surface area contributed by atoms with Crippen molar-refractivity contribution >= 4 is 43.2 Å². The molecule has 0 radical (unpaired) electrons. The smallest absolute Gasteiger partial charge is 0.160 e. The van der Waals surface area contributed by atoms with Crippen LogP contribution in [0.25, 0.3) is 111 Å². The Bertz CT molecular complexity index is 3220. The third-order valence-electron chi connectivity index (χ3n) is 11.3. The Kier molecular flexibility index (Phi) is 8.15. The highest BCUT2D eigenvalue weighted by Crippen LogP contribution is 2.37. The summed E-state index contributed by atoms with van der Waals surface area (Å²) < 4.78 is 0. The van der Waals surface area contributed by atoms with E-state index in [1.165, 1.54) is 48.8 Å².